The van der Waals surface area contributed by atoms with Crippen molar-refractivity contribution in [3.05, 3.63) is 133 Å². The SMILES string of the molecule is c1ccc(-c2c3ccccc3cc3c2oc2cc(-c4nc(-c5ccccc5)c5sc6ccccc6c5n4)ccc23)cc1. The number of thiophene rings is 1. The standard InChI is InChI=1S/C38H22N2OS/c1-3-11-23(12-4-1)33-27-16-8-7-15-25(27)21-30-28-20-19-26(22-31(28)41-36(30)33)38-39-34(24-13-5-2-6-14-24)37-35(40-38)29-17-9-10-18-32(29)42-37/h1-22H. The zero-order valence-corrected chi connectivity index (χ0v) is 23.2. The second-order valence-electron chi connectivity index (χ2n) is 10.6. The Balaban J connectivity index is 1.31. The van der Waals surface area contributed by atoms with Crippen molar-refractivity contribution < 1.29 is 4.42 Å². The van der Waals surface area contributed by atoms with Gasteiger partial charge >= 0.3 is 0 Å². The molecule has 196 valence electrons. The summed E-state index contributed by atoms with van der Waals surface area (Å²) in [5.41, 5.74) is 7.95. The van der Waals surface area contributed by atoms with Gasteiger partial charge in [0.1, 0.15) is 11.2 Å². The lowest BCUT2D eigenvalue weighted by Crippen LogP contribution is -1.93. The predicted molar refractivity (Wildman–Crippen MR) is 176 cm³/mol. The molecule has 0 aliphatic carbocycles. The van der Waals surface area contributed by atoms with Crippen molar-refractivity contribution in [2.24, 2.45) is 0 Å². The largest absolute Gasteiger partial charge is 0.455 e. The second-order valence-corrected chi connectivity index (χ2v) is 11.6. The molecular weight excluding hydrogens is 532 g/mol. The minimum Gasteiger partial charge on any atom is -0.455 e. The maximum atomic E-state index is 6.71. The minimum absolute atomic E-state index is 0.695. The molecular formula is C38H22N2OS. The molecule has 0 radical (unpaired) electrons. The van der Waals surface area contributed by atoms with E-state index in [0.717, 1.165) is 65.5 Å². The highest BCUT2D eigenvalue weighted by molar-refractivity contribution is 7.26. The van der Waals surface area contributed by atoms with Crippen LogP contribution in [0.15, 0.2) is 138 Å². The smallest absolute Gasteiger partial charge is 0.160 e. The van der Waals surface area contributed by atoms with Gasteiger partial charge in [-0.05, 0) is 40.6 Å². The lowest BCUT2D eigenvalue weighted by Gasteiger charge is -2.08. The lowest BCUT2D eigenvalue weighted by molar-refractivity contribution is 0.670. The van der Waals surface area contributed by atoms with Crippen LogP contribution >= 0.6 is 11.3 Å². The Morgan fingerprint density at radius 2 is 1.24 bits per heavy atom. The summed E-state index contributed by atoms with van der Waals surface area (Å²) >= 11 is 1.75. The highest BCUT2D eigenvalue weighted by Gasteiger charge is 2.19. The van der Waals surface area contributed by atoms with Crippen molar-refractivity contribution in [3.8, 4) is 33.8 Å². The normalized spacial score (nSPS) is 11.8. The van der Waals surface area contributed by atoms with Crippen molar-refractivity contribution in [1.29, 1.82) is 0 Å². The van der Waals surface area contributed by atoms with Crippen LogP contribution in [0.2, 0.25) is 0 Å². The van der Waals surface area contributed by atoms with Crippen LogP contribution in [0.5, 0.6) is 0 Å². The van der Waals surface area contributed by atoms with Crippen LogP contribution in [0.3, 0.4) is 0 Å². The van der Waals surface area contributed by atoms with E-state index >= 15 is 0 Å². The molecule has 0 bridgehead atoms. The van der Waals surface area contributed by atoms with Crippen LogP contribution in [0.1, 0.15) is 0 Å². The van der Waals surface area contributed by atoms with Gasteiger partial charge in [-0.2, -0.15) is 0 Å². The van der Waals surface area contributed by atoms with Gasteiger partial charge in [0, 0.05) is 37.5 Å². The van der Waals surface area contributed by atoms with E-state index < -0.39 is 0 Å². The van der Waals surface area contributed by atoms with E-state index in [1.54, 1.807) is 11.3 Å². The number of furan rings is 1. The molecule has 0 amide bonds. The van der Waals surface area contributed by atoms with E-state index in [2.05, 4.69) is 121 Å². The van der Waals surface area contributed by atoms with Gasteiger partial charge in [-0.1, -0.05) is 109 Å². The fraction of sp³-hybridized carbons (Fsp3) is 0. The topological polar surface area (TPSA) is 38.9 Å². The summed E-state index contributed by atoms with van der Waals surface area (Å²) in [6.45, 7) is 0. The van der Waals surface area contributed by atoms with Gasteiger partial charge in [0.2, 0.25) is 0 Å². The third kappa shape index (κ3) is 3.52. The van der Waals surface area contributed by atoms with E-state index in [9.17, 15) is 0 Å². The molecule has 0 N–H and O–H groups in total. The van der Waals surface area contributed by atoms with E-state index in [0.29, 0.717) is 5.82 Å². The fourth-order valence-corrected chi connectivity index (χ4v) is 7.27. The van der Waals surface area contributed by atoms with Gasteiger partial charge in [-0.15, -0.1) is 11.3 Å². The predicted octanol–water partition coefficient (Wildman–Crippen LogP) is 10.9. The number of nitrogens with zero attached hydrogens (tertiary/aromatic N) is 2. The van der Waals surface area contributed by atoms with Crippen LogP contribution in [0.4, 0.5) is 0 Å². The molecule has 0 spiro atoms. The first-order chi connectivity index (χ1) is 20.8. The summed E-state index contributed by atoms with van der Waals surface area (Å²) in [5.74, 6) is 0.695. The van der Waals surface area contributed by atoms with Gasteiger partial charge in [0.05, 0.1) is 15.9 Å². The maximum absolute atomic E-state index is 6.71. The summed E-state index contributed by atoms with van der Waals surface area (Å²) in [4.78, 5) is 10.3. The van der Waals surface area contributed by atoms with Gasteiger partial charge in [0.15, 0.2) is 5.82 Å². The minimum atomic E-state index is 0.695. The molecule has 0 saturated heterocycles. The first kappa shape index (κ1) is 23.4. The van der Waals surface area contributed by atoms with Crippen molar-refractivity contribution in [3.63, 3.8) is 0 Å². The summed E-state index contributed by atoms with van der Waals surface area (Å²) in [7, 11) is 0. The molecule has 0 saturated carbocycles. The van der Waals surface area contributed by atoms with Crippen molar-refractivity contribution >= 4 is 64.4 Å². The molecule has 3 heterocycles. The average molecular weight is 555 g/mol. The van der Waals surface area contributed by atoms with Crippen molar-refractivity contribution in [2.45, 2.75) is 0 Å². The maximum Gasteiger partial charge on any atom is 0.160 e. The third-order valence-electron chi connectivity index (χ3n) is 8.07. The van der Waals surface area contributed by atoms with Crippen molar-refractivity contribution in [2.75, 3.05) is 0 Å². The van der Waals surface area contributed by atoms with Crippen LogP contribution in [0.25, 0.3) is 86.8 Å². The Bertz CT molecular complexity index is 2460. The molecule has 0 unspecified atom stereocenters. The summed E-state index contributed by atoms with van der Waals surface area (Å²) in [6, 6.07) is 46.5. The Kier molecular flexibility index (Phi) is 5.07. The van der Waals surface area contributed by atoms with Crippen LogP contribution in [0, 0.1) is 0 Å². The molecule has 3 nitrogen and oxygen atoms in total. The van der Waals surface area contributed by atoms with Gasteiger partial charge < -0.3 is 4.42 Å². The number of rotatable bonds is 3. The molecule has 9 aromatic rings. The quantitative estimate of drug-likeness (QED) is 0.218. The fourth-order valence-electron chi connectivity index (χ4n) is 6.12. The Hall–Kier alpha value is -5.32. The van der Waals surface area contributed by atoms with E-state index in [1.165, 1.54) is 15.5 Å². The van der Waals surface area contributed by atoms with Gasteiger partial charge in [0.25, 0.3) is 0 Å². The molecule has 0 aliphatic heterocycles. The molecule has 6 aromatic carbocycles. The number of benzene rings is 6. The molecule has 0 fully saturated rings. The van der Waals surface area contributed by atoms with Gasteiger partial charge in [-0.3, -0.25) is 0 Å². The molecule has 9 rings (SSSR count). The third-order valence-corrected chi connectivity index (χ3v) is 9.24. The molecule has 42 heavy (non-hydrogen) atoms. The van der Waals surface area contributed by atoms with Crippen LogP contribution in [-0.4, -0.2) is 9.97 Å². The Morgan fingerprint density at radius 3 is 2.07 bits per heavy atom. The highest BCUT2D eigenvalue weighted by Crippen LogP contribution is 2.43. The van der Waals surface area contributed by atoms with Crippen molar-refractivity contribution in [1.82, 2.24) is 9.97 Å². The second kappa shape index (κ2) is 9.10. The molecule has 3 aromatic heterocycles. The van der Waals surface area contributed by atoms with Gasteiger partial charge in [-0.25, -0.2) is 9.97 Å². The summed E-state index contributed by atoms with van der Waals surface area (Å²) < 4.78 is 9.03. The summed E-state index contributed by atoms with van der Waals surface area (Å²) in [5, 5.41) is 5.73. The van der Waals surface area contributed by atoms with Crippen LogP contribution < -0.4 is 0 Å². The molecule has 4 heteroatoms. The van der Waals surface area contributed by atoms with E-state index in [-0.39, 0.29) is 0 Å². The zero-order chi connectivity index (χ0) is 27.6. The zero-order valence-electron chi connectivity index (χ0n) is 22.4. The monoisotopic (exact) mass is 554 g/mol. The number of hydrogen-bond acceptors (Lipinski definition) is 4. The first-order valence-corrected chi connectivity index (χ1v) is 14.8. The van der Waals surface area contributed by atoms with E-state index in [4.69, 9.17) is 14.4 Å². The average Bonchev–Trinajstić information content (AvgIpc) is 3.61. The first-order valence-electron chi connectivity index (χ1n) is 14.0. The molecule has 0 aliphatic rings. The van der Waals surface area contributed by atoms with E-state index in [1.807, 2.05) is 12.1 Å². The van der Waals surface area contributed by atoms with Crippen LogP contribution in [-0.2, 0) is 0 Å². The Labute approximate surface area is 245 Å². The number of fused-ring (bicyclic) bond motifs is 7. The number of aromatic nitrogens is 2. The highest BCUT2D eigenvalue weighted by atomic mass is 32.1. The number of hydrogen-bond donors (Lipinski definition) is 0. The lowest BCUT2D eigenvalue weighted by atomic mass is 9.95. The molecule has 0 atom stereocenters. The Morgan fingerprint density at radius 1 is 0.524 bits per heavy atom. The summed E-state index contributed by atoms with van der Waals surface area (Å²) in [6.07, 6.45) is 0.